The van der Waals surface area contributed by atoms with Gasteiger partial charge in [0.05, 0.1) is 11.4 Å². The second-order valence-corrected chi connectivity index (χ2v) is 8.56. The second kappa shape index (κ2) is 7.61. The third-order valence-corrected chi connectivity index (χ3v) is 3.74. The van der Waals surface area contributed by atoms with Crippen LogP contribution >= 0.6 is 0 Å². The molecule has 0 radical (unpaired) electrons. The molecule has 0 unspecified atom stereocenters. The van der Waals surface area contributed by atoms with Crippen LogP contribution in [0.2, 0.25) is 0 Å². The van der Waals surface area contributed by atoms with Gasteiger partial charge in [-0.15, -0.1) is 0 Å². The maximum absolute atomic E-state index is 14.0. The zero-order valence-electron chi connectivity index (χ0n) is 17.3. The number of halogens is 1. The Morgan fingerprint density at radius 3 is 2.25 bits per heavy atom. The van der Waals surface area contributed by atoms with Gasteiger partial charge in [0, 0.05) is 18.2 Å². The minimum Gasteiger partial charge on any atom is -0.444 e. The average Bonchev–Trinajstić information content (AvgIpc) is 2.91. The Morgan fingerprint density at radius 2 is 1.71 bits per heavy atom. The van der Waals surface area contributed by atoms with Gasteiger partial charge in [-0.05, 0) is 45.0 Å². The number of aryl methyl sites for hydroxylation is 1. The number of carbonyl (C=O) groups is 2. The average molecular weight is 390 g/mol. The molecule has 8 heteroatoms. The highest BCUT2D eigenvalue weighted by molar-refractivity contribution is 6.03. The number of carbonyl (C=O) groups excluding carboxylic acids is 2. The second-order valence-electron chi connectivity index (χ2n) is 8.56. The lowest BCUT2D eigenvalue weighted by Gasteiger charge is -2.20. The molecular formula is C20H27FN4O3. The Kier molecular flexibility index (Phi) is 5.82. The standard InChI is InChI=1S/C20H27FN4O3/c1-19(2,3)16-11-15(25(7)24-16)17(26)22-12-8-9-13(21)14(10-12)23-18(27)28-20(4,5)6/h8-11H,1-7H3,(H,22,26)(H,23,27). The van der Waals surface area contributed by atoms with E-state index in [0.717, 1.165) is 11.8 Å². The summed E-state index contributed by atoms with van der Waals surface area (Å²) in [6, 6.07) is 5.62. The monoisotopic (exact) mass is 390 g/mol. The number of hydrogen-bond acceptors (Lipinski definition) is 4. The van der Waals surface area contributed by atoms with E-state index in [1.165, 1.54) is 16.8 Å². The third-order valence-electron chi connectivity index (χ3n) is 3.74. The van der Waals surface area contributed by atoms with Crippen LogP contribution in [0.15, 0.2) is 24.3 Å². The molecule has 2 rings (SSSR count). The Bertz CT molecular complexity index is 892. The van der Waals surface area contributed by atoms with Crippen molar-refractivity contribution in [2.75, 3.05) is 10.6 Å². The summed E-state index contributed by atoms with van der Waals surface area (Å²) in [5, 5.41) is 9.42. The van der Waals surface area contributed by atoms with Gasteiger partial charge in [0.1, 0.15) is 17.1 Å². The molecule has 0 spiro atoms. The largest absolute Gasteiger partial charge is 0.444 e. The van der Waals surface area contributed by atoms with E-state index in [9.17, 15) is 14.0 Å². The molecular weight excluding hydrogens is 363 g/mol. The SMILES string of the molecule is Cn1nc(C(C)(C)C)cc1C(=O)Nc1ccc(F)c(NC(=O)OC(C)(C)C)c1. The summed E-state index contributed by atoms with van der Waals surface area (Å²) in [5.41, 5.74) is 0.485. The number of aromatic nitrogens is 2. The normalized spacial score (nSPS) is 11.9. The number of nitrogens with zero attached hydrogens (tertiary/aromatic N) is 2. The van der Waals surface area contributed by atoms with Crippen molar-refractivity contribution in [3.8, 4) is 0 Å². The Morgan fingerprint density at radius 1 is 1.07 bits per heavy atom. The Labute approximate surface area is 164 Å². The maximum Gasteiger partial charge on any atom is 0.412 e. The van der Waals surface area contributed by atoms with Crippen molar-refractivity contribution in [1.82, 2.24) is 9.78 Å². The summed E-state index contributed by atoms with van der Waals surface area (Å²) in [6.45, 7) is 11.1. The van der Waals surface area contributed by atoms with Crippen LogP contribution in [0.25, 0.3) is 0 Å². The third kappa shape index (κ3) is 5.55. The number of ether oxygens (including phenoxy) is 1. The number of nitrogens with one attached hydrogen (secondary N) is 2. The molecule has 0 bridgehead atoms. The van der Waals surface area contributed by atoms with Crippen molar-refractivity contribution < 1.29 is 18.7 Å². The number of benzene rings is 1. The highest BCUT2D eigenvalue weighted by atomic mass is 19.1. The first-order chi connectivity index (χ1) is 12.8. The zero-order chi connectivity index (χ0) is 21.3. The van der Waals surface area contributed by atoms with Crippen LogP contribution in [0.4, 0.5) is 20.6 Å². The van der Waals surface area contributed by atoms with E-state index in [0.29, 0.717) is 11.4 Å². The summed E-state index contributed by atoms with van der Waals surface area (Å²) in [5.74, 6) is -1.03. The van der Waals surface area contributed by atoms with Crippen molar-refractivity contribution in [1.29, 1.82) is 0 Å². The molecule has 2 amide bonds. The van der Waals surface area contributed by atoms with E-state index >= 15 is 0 Å². The molecule has 2 N–H and O–H groups in total. The molecule has 0 aliphatic rings. The van der Waals surface area contributed by atoms with Crippen molar-refractivity contribution in [2.24, 2.45) is 7.05 Å². The summed E-state index contributed by atoms with van der Waals surface area (Å²) >= 11 is 0. The lowest BCUT2D eigenvalue weighted by Crippen LogP contribution is -2.27. The Hall–Kier alpha value is -2.90. The molecule has 0 aliphatic carbocycles. The van der Waals surface area contributed by atoms with Crippen molar-refractivity contribution in [3.05, 3.63) is 41.5 Å². The van der Waals surface area contributed by atoms with Gasteiger partial charge in [0.15, 0.2) is 0 Å². The fourth-order valence-corrected chi connectivity index (χ4v) is 2.35. The summed E-state index contributed by atoms with van der Waals surface area (Å²) in [4.78, 5) is 24.5. The molecule has 0 aliphatic heterocycles. The van der Waals surface area contributed by atoms with Gasteiger partial charge in [-0.2, -0.15) is 5.10 Å². The highest BCUT2D eigenvalue weighted by Crippen LogP contribution is 2.23. The number of amides is 2. The van der Waals surface area contributed by atoms with Crippen LogP contribution in [0.1, 0.15) is 57.7 Å². The fraction of sp³-hybridized carbons (Fsp3) is 0.450. The van der Waals surface area contributed by atoms with Gasteiger partial charge in [0.25, 0.3) is 5.91 Å². The summed E-state index contributed by atoms with van der Waals surface area (Å²) in [6.07, 6.45) is -0.781. The number of anilines is 2. The first kappa shape index (κ1) is 21.4. The summed E-state index contributed by atoms with van der Waals surface area (Å²) < 4.78 is 20.6. The van der Waals surface area contributed by atoms with Gasteiger partial charge >= 0.3 is 6.09 Å². The molecule has 0 saturated carbocycles. The van der Waals surface area contributed by atoms with Crippen LogP contribution < -0.4 is 10.6 Å². The lowest BCUT2D eigenvalue weighted by atomic mass is 9.92. The molecule has 0 atom stereocenters. The van der Waals surface area contributed by atoms with Crippen LogP contribution in [0.3, 0.4) is 0 Å². The van der Waals surface area contributed by atoms with E-state index in [-0.39, 0.29) is 17.0 Å². The van der Waals surface area contributed by atoms with E-state index in [1.807, 2.05) is 20.8 Å². The van der Waals surface area contributed by atoms with Gasteiger partial charge in [-0.3, -0.25) is 14.8 Å². The van der Waals surface area contributed by atoms with Crippen LogP contribution in [-0.2, 0) is 17.2 Å². The van der Waals surface area contributed by atoms with Crippen LogP contribution in [-0.4, -0.2) is 27.4 Å². The van der Waals surface area contributed by atoms with Gasteiger partial charge in [-0.25, -0.2) is 9.18 Å². The molecule has 1 aromatic heterocycles. The topological polar surface area (TPSA) is 85.3 Å². The van der Waals surface area contributed by atoms with Gasteiger partial charge in [0.2, 0.25) is 0 Å². The molecule has 0 fully saturated rings. The van der Waals surface area contributed by atoms with Crippen molar-refractivity contribution >= 4 is 23.4 Å². The minimum absolute atomic E-state index is 0.0903. The molecule has 2 aromatic rings. The van der Waals surface area contributed by atoms with Gasteiger partial charge in [-0.1, -0.05) is 20.8 Å². The minimum atomic E-state index is -0.781. The smallest absolute Gasteiger partial charge is 0.412 e. The summed E-state index contributed by atoms with van der Waals surface area (Å²) in [7, 11) is 1.68. The number of hydrogen-bond donors (Lipinski definition) is 2. The first-order valence-electron chi connectivity index (χ1n) is 8.92. The molecule has 1 heterocycles. The zero-order valence-corrected chi connectivity index (χ0v) is 17.3. The highest BCUT2D eigenvalue weighted by Gasteiger charge is 2.22. The van der Waals surface area contributed by atoms with Crippen LogP contribution in [0.5, 0.6) is 0 Å². The maximum atomic E-state index is 14.0. The predicted octanol–water partition coefficient (Wildman–Crippen LogP) is 4.46. The predicted molar refractivity (Wildman–Crippen MR) is 106 cm³/mol. The molecule has 28 heavy (non-hydrogen) atoms. The first-order valence-corrected chi connectivity index (χ1v) is 8.92. The molecule has 152 valence electrons. The van der Waals surface area contributed by atoms with E-state index in [1.54, 1.807) is 33.9 Å². The van der Waals surface area contributed by atoms with E-state index in [2.05, 4.69) is 15.7 Å². The van der Waals surface area contributed by atoms with Crippen molar-refractivity contribution in [2.45, 2.75) is 52.6 Å². The molecule has 1 aromatic carbocycles. The quantitative estimate of drug-likeness (QED) is 0.810. The van der Waals surface area contributed by atoms with Crippen molar-refractivity contribution in [3.63, 3.8) is 0 Å². The number of rotatable bonds is 3. The lowest BCUT2D eigenvalue weighted by molar-refractivity contribution is 0.0635. The fourth-order valence-electron chi connectivity index (χ4n) is 2.35. The Balaban J connectivity index is 2.18. The van der Waals surface area contributed by atoms with Gasteiger partial charge < -0.3 is 10.1 Å². The molecule has 7 nitrogen and oxygen atoms in total. The van der Waals surface area contributed by atoms with Crippen LogP contribution in [0, 0.1) is 5.82 Å². The van der Waals surface area contributed by atoms with E-state index in [4.69, 9.17) is 4.74 Å². The van der Waals surface area contributed by atoms with E-state index < -0.39 is 17.5 Å². The molecule has 0 saturated heterocycles.